The Morgan fingerprint density at radius 2 is 2.26 bits per heavy atom. The fourth-order valence-corrected chi connectivity index (χ4v) is 3.18. The molecule has 0 bridgehead atoms. The summed E-state index contributed by atoms with van der Waals surface area (Å²) in [6.45, 7) is 2.61. The van der Waals surface area contributed by atoms with E-state index in [1.807, 2.05) is 17.0 Å². The number of benzene rings is 1. The highest BCUT2D eigenvalue weighted by atomic mass is 127. The first-order valence-corrected chi connectivity index (χ1v) is 7.98. The quantitative estimate of drug-likeness (QED) is 0.785. The third-order valence-electron chi connectivity index (χ3n) is 3.70. The van der Waals surface area contributed by atoms with Gasteiger partial charge in [-0.1, -0.05) is 11.6 Å². The molecule has 1 aliphatic rings. The number of hydrogen-bond donors (Lipinski definition) is 1. The normalized spacial score (nSPS) is 23.5. The van der Waals surface area contributed by atoms with Crippen LogP contribution in [0.15, 0.2) is 18.2 Å². The lowest BCUT2D eigenvalue weighted by Crippen LogP contribution is -2.51. The van der Waals surface area contributed by atoms with Crippen molar-refractivity contribution < 1.29 is 4.79 Å². The fraction of sp³-hybridized carbons (Fsp3) is 0.500. The smallest absolute Gasteiger partial charge is 0.254 e. The second-order valence-corrected chi connectivity index (χ2v) is 6.58. The molecule has 1 fully saturated rings. The predicted octanol–water partition coefficient (Wildman–Crippen LogP) is 3.29. The van der Waals surface area contributed by atoms with E-state index < -0.39 is 0 Å². The van der Waals surface area contributed by atoms with E-state index in [9.17, 15) is 4.79 Å². The van der Waals surface area contributed by atoms with Crippen LogP contribution in [-0.4, -0.2) is 29.4 Å². The van der Waals surface area contributed by atoms with Crippen molar-refractivity contribution in [1.29, 1.82) is 0 Å². The largest absolute Gasteiger partial charge is 0.332 e. The maximum absolute atomic E-state index is 12.7. The Labute approximate surface area is 132 Å². The van der Waals surface area contributed by atoms with Crippen molar-refractivity contribution in [3.63, 3.8) is 0 Å². The average Bonchev–Trinajstić information content (AvgIpc) is 2.40. The van der Waals surface area contributed by atoms with Gasteiger partial charge in [-0.25, -0.2) is 0 Å². The summed E-state index contributed by atoms with van der Waals surface area (Å²) in [5.74, 6) is 0.0425. The van der Waals surface area contributed by atoms with Crippen molar-refractivity contribution in [2.45, 2.75) is 38.3 Å². The van der Waals surface area contributed by atoms with Crippen LogP contribution < -0.4 is 5.73 Å². The molecule has 1 heterocycles. The van der Waals surface area contributed by atoms with Crippen LogP contribution in [0, 0.1) is 3.57 Å². The predicted molar refractivity (Wildman–Crippen MR) is 86.5 cm³/mol. The zero-order chi connectivity index (χ0) is 14.0. The van der Waals surface area contributed by atoms with Crippen LogP contribution in [-0.2, 0) is 0 Å². The summed E-state index contributed by atoms with van der Waals surface area (Å²) >= 11 is 8.26. The first-order valence-electron chi connectivity index (χ1n) is 6.52. The van der Waals surface area contributed by atoms with E-state index in [1.165, 1.54) is 0 Å². The maximum Gasteiger partial charge on any atom is 0.254 e. The molecule has 19 heavy (non-hydrogen) atoms. The molecule has 1 aromatic rings. The minimum Gasteiger partial charge on any atom is -0.332 e. The molecule has 1 aromatic carbocycles. The fourth-order valence-electron chi connectivity index (χ4n) is 2.66. The number of piperidine rings is 1. The van der Waals surface area contributed by atoms with Gasteiger partial charge < -0.3 is 10.6 Å². The molecule has 2 N–H and O–H groups in total. The summed E-state index contributed by atoms with van der Waals surface area (Å²) in [6, 6.07) is 5.86. The molecule has 104 valence electrons. The van der Waals surface area contributed by atoms with Crippen molar-refractivity contribution in [1.82, 2.24) is 4.90 Å². The molecule has 0 aliphatic carbocycles. The summed E-state index contributed by atoms with van der Waals surface area (Å²) < 4.78 is 0.956. The molecule has 3 nitrogen and oxygen atoms in total. The zero-order valence-electron chi connectivity index (χ0n) is 10.9. The van der Waals surface area contributed by atoms with Crippen LogP contribution in [0.25, 0.3) is 0 Å². The number of nitrogens with two attached hydrogens (primary N) is 1. The molecular weight excluding hydrogens is 375 g/mol. The van der Waals surface area contributed by atoms with E-state index in [0.717, 1.165) is 22.8 Å². The summed E-state index contributed by atoms with van der Waals surface area (Å²) in [6.07, 6.45) is 3.17. The molecule has 0 aromatic heterocycles. The molecular formula is C14H18ClIN2O. The van der Waals surface area contributed by atoms with Crippen molar-refractivity contribution in [2.75, 3.05) is 6.54 Å². The molecule has 2 rings (SSSR count). The molecule has 2 atom stereocenters. The highest BCUT2D eigenvalue weighted by Crippen LogP contribution is 2.26. The number of carbonyl (C=O) groups is 1. The molecule has 1 amide bonds. The number of halogens is 2. The van der Waals surface area contributed by atoms with Crippen LogP contribution in [0.4, 0.5) is 0 Å². The monoisotopic (exact) mass is 392 g/mol. The molecule has 1 saturated heterocycles. The highest BCUT2D eigenvalue weighted by Gasteiger charge is 2.31. The third-order valence-corrected chi connectivity index (χ3v) is 5.27. The van der Waals surface area contributed by atoms with Crippen LogP contribution in [0.1, 0.15) is 36.5 Å². The van der Waals surface area contributed by atoms with Gasteiger partial charge in [-0.2, -0.15) is 0 Å². The van der Waals surface area contributed by atoms with Gasteiger partial charge in [0.15, 0.2) is 0 Å². The Hall–Kier alpha value is -0.330. The number of amides is 1. The molecule has 2 unspecified atom stereocenters. The van der Waals surface area contributed by atoms with E-state index >= 15 is 0 Å². The van der Waals surface area contributed by atoms with Gasteiger partial charge >= 0.3 is 0 Å². The van der Waals surface area contributed by atoms with Gasteiger partial charge in [0.05, 0.1) is 5.02 Å². The molecule has 5 heteroatoms. The van der Waals surface area contributed by atoms with Gasteiger partial charge in [-0.05, 0) is 67.0 Å². The van der Waals surface area contributed by atoms with Gasteiger partial charge in [0, 0.05) is 27.8 Å². The summed E-state index contributed by atoms with van der Waals surface area (Å²) in [7, 11) is 0. The lowest BCUT2D eigenvalue weighted by atomic mass is 9.95. The standard InChI is InChI=1S/C14H18ClIN2O/c1-9-3-2-4-11(8-17)18(9)14(19)10-5-6-13(16)12(15)7-10/h5-7,9,11H,2-4,8,17H2,1H3. The zero-order valence-corrected chi connectivity index (χ0v) is 13.8. The Morgan fingerprint density at radius 1 is 1.53 bits per heavy atom. The first-order chi connectivity index (χ1) is 9.04. The minimum atomic E-state index is 0.0425. The molecule has 0 saturated carbocycles. The van der Waals surface area contributed by atoms with Crippen LogP contribution in [0.3, 0.4) is 0 Å². The Bertz CT molecular complexity index is 481. The lowest BCUT2D eigenvalue weighted by Gasteiger charge is -2.40. The second kappa shape index (κ2) is 6.41. The number of likely N-dealkylation sites (tertiary alicyclic amines) is 1. The van der Waals surface area contributed by atoms with E-state index in [-0.39, 0.29) is 18.0 Å². The van der Waals surface area contributed by atoms with Crippen LogP contribution in [0.2, 0.25) is 5.02 Å². The average molecular weight is 393 g/mol. The third kappa shape index (κ3) is 3.23. The van der Waals surface area contributed by atoms with Crippen molar-refractivity contribution in [3.8, 4) is 0 Å². The second-order valence-electron chi connectivity index (χ2n) is 5.01. The highest BCUT2D eigenvalue weighted by molar-refractivity contribution is 14.1. The first kappa shape index (κ1) is 15.1. The van der Waals surface area contributed by atoms with E-state index in [1.54, 1.807) is 6.07 Å². The van der Waals surface area contributed by atoms with Gasteiger partial charge in [-0.3, -0.25) is 4.79 Å². The number of rotatable bonds is 2. The molecule has 1 aliphatic heterocycles. The van der Waals surface area contributed by atoms with Gasteiger partial charge in [0.2, 0.25) is 0 Å². The number of nitrogens with zero attached hydrogens (tertiary/aromatic N) is 1. The van der Waals surface area contributed by atoms with E-state index in [0.29, 0.717) is 17.1 Å². The molecule has 0 radical (unpaired) electrons. The van der Waals surface area contributed by atoms with Crippen molar-refractivity contribution >= 4 is 40.1 Å². The van der Waals surface area contributed by atoms with Crippen LogP contribution in [0.5, 0.6) is 0 Å². The van der Waals surface area contributed by atoms with Gasteiger partial charge in [0.25, 0.3) is 5.91 Å². The maximum atomic E-state index is 12.7. The summed E-state index contributed by atoms with van der Waals surface area (Å²) in [4.78, 5) is 14.6. The SMILES string of the molecule is CC1CCCC(CN)N1C(=O)c1ccc(I)c(Cl)c1. The van der Waals surface area contributed by atoms with Gasteiger partial charge in [0.1, 0.15) is 0 Å². The number of hydrogen-bond acceptors (Lipinski definition) is 2. The Balaban J connectivity index is 2.27. The minimum absolute atomic E-state index is 0.0425. The van der Waals surface area contributed by atoms with E-state index in [4.69, 9.17) is 17.3 Å². The Kier molecular flexibility index (Phi) is 5.09. The lowest BCUT2D eigenvalue weighted by molar-refractivity contribution is 0.0494. The topological polar surface area (TPSA) is 46.3 Å². The Morgan fingerprint density at radius 3 is 2.89 bits per heavy atom. The summed E-state index contributed by atoms with van der Waals surface area (Å²) in [5.41, 5.74) is 6.46. The van der Waals surface area contributed by atoms with Gasteiger partial charge in [-0.15, -0.1) is 0 Å². The number of carbonyl (C=O) groups excluding carboxylic acids is 1. The van der Waals surface area contributed by atoms with Crippen LogP contribution >= 0.6 is 34.2 Å². The van der Waals surface area contributed by atoms with E-state index in [2.05, 4.69) is 29.5 Å². The van der Waals surface area contributed by atoms with Crippen molar-refractivity contribution in [2.24, 2.45) is 5.73 Å². The molecule has 0 spiro atoms. The summed E-state index contributed by atoms with van der Waals surface area (Å²) in [5, 5.41) is 0.625. The van der Waals surface area contributed by atoms with Crippen molar-refractivity contribution in [3.05, 3.63) is 32.4 Å².